The Morgan fingerprint density at radius 3 is 2.39 bits per heavy atom. The standard InChI is InChI=1S/C25H29Cl2N3O5S/c1-4-21(24(32)28-16(2)3)29(15-17-11-12-19(26)20(27)14-17)23(31)10-7-13-30-25(33)18-8-5-6-9-22(18)36(30,34)35/h5-6,8-9,11-12,14,16,21H,4,7,10,13,15H2,1-3H3,(H,28,32)/t21-/m1/s1. The number of nitrogens with one attached hydrogen (secondary N) is 1. The third-order valence-electron chi connectivity index (χ3n) is 5.82. The molecule has 2 aromatic carbocycles. The van der Waals surface area contributed by atoms with Gasteiger partial charge in [-0.2, -0.15) is 0 Å². The molecule has 0 spiro atoms. The van der Waals surface area contributed by atoms with Crippen molar-refractivity contribution in [2.24, 2.45) is 0 Å². The highest BCUT2D eigenvalue weighted by molar-refractivity contribution is 7.90. The molecule has 0 unspecified atom stereocenters. The van der Waals surface area contributed by atoms with Crippen molar-refractivity contribution in [2.75, 3.05) is 6.54 Å². The van der Waals surface area contributed by atoms with E-state index in [0.29, 0.717) is 22.0 Å². The number of hydrogen-bond acceptors (Lipinski definition) is 5. The van der Waals surface area contributed by atoms with Gasteiger partial charge in [0, 0.05) is 25.6 Å². The lowest BCUT2D eigenvalue weighted by molar-refractivity contribution is -0.141. The summed E-state index contributed by atoms with van der Waals surface area (Å²) in [6.07, 6.45) is 0.431. The highest BCUT2D eigenvalue weighted by Gasteiger charge is 2.40. The van der Waals surface area contributed by atoms with Crippen molar-refractivity contribution >= 4 is 50.9 Å². The largest absolute Gasteiger partial charge is 0.352 e. The van der Waals surface area contributed by atoms with Crippen molar-refractivity contribution in [3.8, 4) is 0 Å². The smallest absolute Gasteiger partial charge is 0.269 e. The number of amides is 3. The summed E-state index contributed by atoms with van der Waals surface area (Å²) < 4.78 is 26.4. The van der Waals surface area contributed by atoms with Crippen LogP contribution < -0.4 is 5.32 Å². The number of benzene rings is 2. The van der Waals surface area contributed by atoms with Crippen LogP contribution in [-0.2, 0) is 26.2 Å². The second kappa shape index (κ2) is 11.6. The van der Waals surface area contributed by atoms with Crippen LogP contribution in [0.4, 0.5) is 0 Å². The van der Waals surface area contributed by atoms with Gasteiger partial charge in [0.05, 0.1) is 15.6 Å². The van der Waals surface area contributed by atoms with Crippen molar-refractivity contribution in [2.45, 2.75) is 63.6 Å². The van der Waals surface area contributed by atoms with E-state index in [0.717, 1.165) is 4.31 Å². The predicted octanol–water partition coefficient (Wildman–Crippen LogP) is 4.25. The maximum Gasteiger partial charge on any atom is 0.269 e. The lowest BCUT2D eigenvalue weighted by atomic mass is 10.1. The van der Waals surface area contributed by atoms with E-state index in [1.807, 2.05) is 20.8 Å². The van der Waals surface area contributed by atoms with Gasteiger partial charge in [-0.3, -0.25) is 14.4 Å². The number of fused-ring (bicyclic) bond motifs is 1. The first-order valence-corrected chi connectivity index (χ1v) is 13.9. The normalized spacial score (nSPS) is 15.1. The summed E-state index contributed by atoms with van der Waals surface area (Å²) in [5.41, 5.74) is 0.822. The van der Waals surface area contributed by atoms with Gasteiger partial charge in [0.15, 0.2) is 0 Å². The Kier molecular flexibility index (Phi) is 9.03. The monoisotopic (exact) mass is 553 g/mol. The number of hydrogen-bond donors (Lipinski definition) is 1. The number of carbonyl (C=O) groups excluding carboxylic acids is 3. The highest BCUT2D eigenvalue weighted by Crippen LogP contribution is 2.30. The first-order valence-electron chi connectivity index (χ1n) is 11.7. The molecule has 0 radical (unpaired) electrons. The minimum absolute atomic E-state index is 0.0287. The molecule has 8 nitrogen and oxygen atoms in total. The predicted molar refractivity (Wildman–Crippen MR) is 138 cm³/mol. The first kappa shape index (κ1) is 28.0. The molecule has 1 heterocycles. The van der Waals surface area contributed by atoms with Gasteiger partial charge in [0.1, 0.15) is 10.9 Å². The molecule has 0 aromatic heterocycles. The van der Waals surface area contributed by atoms with Gasteiger partial charge in [-0.25, -0.2) is 12.7 Å². The van der Waals surface area contributed by atoms with Crippen molar-refractivity contribution < 1.29 is 22.8 Å². The van der Waals surface area contributed by atoms with E-state index in [9.17, 15) is 22.8 Å². The number of nitrogens with zero attached hydrogens (tertiary/aromatic N) is 2. The minimum Gasteiger partial charge on any atom is -0.352 e. The minimum atomic E-state index is -3.95. The van der Waals surface area contributed by atoms with Gasteiger partial charge in [-0.05, 0) is 56.5 Å². The van der Waals surface area contributed by atoms with Crippen LogP contribution in [0, 0.1) is 0 Å². The number of halogens is 2. The Balaban J connectivity index is 1.77. The lowest BCUT2D eigenvalue weighted by Gasteiger charge is -2.31. The van der Waals surface area contributed by atoms with Crippen molar-refractivity contribution in [1.82, 2.24) is 14.5 Å². The molecule has 3 amide bonds. The summed E-state index contributed by atoms with van der Waals surface area (Å²) in [6, 6.07) is 10.2. The van der Waals surface area contributed by atoms with Gasteiger partial charge in [-0.1, -0.05) is 48.3 Å². The molecule has 0 saturated heterocycles. The molecule has 2 aromatic rings. The molecule has 0 bridgehead atoms. The van der Waals surface area contributed by atoms with Gasteiger partial charge >= 0.3 is 0 Å². The Labute approximate surface area is 221 Å². The Bertz CT molecular complexity index is 1270. The number of sulfonamides is 1. The van der Waals surface area contributed by atoms with E-state index >= 15 is 0 Å². The van der Waals surface area contributed by atoms with Crippen LogP contribution in [0.25, 0.3) is 0 Å². The van der Waals surface area contributed by atoms with Crippen molar-refractivity contribution in [3.63, 3.8) is 0 Å². The van der Waals surface area contributed by atoms with E-state index in [-0.39, 0.29) is 54.2 Å². The maximum atomic E-state index is 13.4. The Hall–Kier alpha value is -2.62. The molecular formula is C25H29Cl2N3O5S. The second-order valence-electron chi connectivity index (χ2n) is 8.84. The van der Waals surface area contributed by atoms with E-state index in [2.05, 4.69) is 5.32 Å². The number of rotatable bonds is 10. The second-order valence-corrected chi connectivity index (χ2v) is 11.5. The zero-order valence-corrected chi connectivity index (χ0v) is 22.7. The summed E-state index contributed by atoms with van der Waals surface area (Å²) in [6.45, 7) is 5.46. The van der Waals surface area contributed by atoms with E-state index in [4.69, 9.17) is 23.2 Å². The van der Waals surface area contributed by atoms with Crippen molar-refractivity contribution in [3.05, 3.63) is 63.6 Å². The summed E-state index contributed by atoms with van der Waals surface area (Å²) >= 11 is 12.2. The molecule has 0 saturated carbocycles. The number of carbonyl (C=O) groups is 3. The molecule has 36 heavy (non-hydrogen) atoms. The van der Waals surface area contributed by atoms with E-state index in [1.54, 1.807) is 30.3 Å². The van der Waals surface area contributed by atoms with Crippen LogP contribution in [0.3, 0.4) is 0 Å². The fourth-order valence-corrected chi connectivity index (χ4v) is 6.03. The molecule has 11 heteroatoms. The maximum absolute atomic E-state index is 13.4. The first-order chi connectivity index (χ1) is 17.0. The van der Waals surface area contributed by atoms with Crippen LogP contribution in [-0.4, -0.2) is 54.0 Å². The molecule has 194 valence electrons. The Morgan fingerprint density at radius 1 is 1.08 bits per heavy atom. The third kappa shape index (κ3) is 6.02. The van der Waals surface area contributed by atoms with Gasteiger partial charge in [0.25, 0.3) is 15.9 Å². The fourth-order valence-electron chi connectivity index (χ4n) is 4.10. The van der Waals surface area contributed by atoms with Crippen LogP contribution in [0.15, 0.2) is 47.4 Å². The summed E-state index contributed by atoms with van der Waals surface area (Å²) in [4.78, 5) is 40.3. The zero-order chi connectivity index (χ0) is 26.6. The van der Waals surface area contributed by atoms with Gasteiger partial charge < -0.3 is 10.2 Å². The fraction of sp³-hybridized carbons (Fsp3) is 0.400. The van der Waals surface area contributed by atoms with Gasteiger partial charge in [0.2, 0.25) is 11.8 Å². The van der Waals surface area contributed by atoms with E-state index < -0.39 is 22.0 Å². The molecule has 1 aliphatic heterocycles. The topological polar surface area (TPSA) is 104 Å². The van der Waals surface area contributed by atoms with Crippen LogP contribution >= 0.6 is 23.2 Å². The molecule has 0 aliphatic carbocycles. The molecule has 1 atom stereocenters. The van der Waals surface area contributed by atoms with Gasteiger partial charge in [-0.15, -0.1) is 0 Å². The van der Waals surface area contributed by atoms with E-state index in [1.165, 1.54) is 17.0 Å². The highest BCUT2D eigenvalue weighted by atomic mass is 35.5. The van der Waals surface area contributed by atoms with Crippen LogP contribution in [0.5, 0.6) is 0 Å². The van der Waals surface area contributed by atoms with Crippen LogP contribution in [0.1, 0.15) is 56.0 Å². The van der Waals surface area contributed by atoms with Crippen LogP contribution in [0.2, 0.25) is 10.0 Å². The lowest BCUT2D eigenvalue weighted by Crippen LogP contribution is -2.50. The summed E-state index contributed by atoms with van der Waals surface area (Å²) in [5, 5.41) is 3.56. The molecular weight excluding hydrogens is 525 g/mol. The SMILES string of the molecule is CC[C@H](C(=O)NC(C)C)N(Cc1ccc(Cl)c(Cl)c1)C(=O)CCCN1C(=O)c2ccccc2S1(=O)=O. The molecule has 1 aliphatic rings. The summed E-state index contributed by atoms with van der Waals surface area (Å²) in [7, 11) is -3.95. The third-order valence-corrected chi connectivity index (χ3v) is 8.40. The average Bonchev–Trinajstić information content (AvgIpc) is 3.01. The average molecular weight is 554 g/mol. The molecule has 0 fully saturated rings. The van der Waals surface area contributed by atoms with Crippen molar-refractivity contribution in [1.29, 1.82) is 0 Å². The zero-order valence-electron chi connectivity index (χ0n) is 20.3. The quantitative estimate of drug-likeness (QED) is 0.473. The molecule has 1 N–H and O–H groups in total. The Morgan fingerprint density at radius 2 is 1.78 bits per heavy atom. The molecule has 3 rings (SSSR count). The summed E-state index contributed by atoms with van der Waals surface area (Å²) in [5.74, 6) is -1.23.